The Morgan fingerprint density at radius 2 is 1.90 bits per heavy atom. The summed E-state index contributed by atoms with van der Waals surface area (Å²) in [6.45, 7) is 5.51. The molecule has 0 N–H and O–H groups in total. The van der Waals surface area contributed by atoms with Gasteiger partial charge in [0.05, 0.1) is 5.88 Å². The van der Waals surface area contributed by atoms with Crippen LogP contribution >= 0.6 is 27.5 Å². The molecule has 0 bridgehead atoms. The van der Waals surface area contributed by atoms with Crippen molar-refractivity contribution in [1.29, 1.82) is 0 Å². The van der Waals surface area contributed by atoms with Gasteiger partial charge < -0.3 is 4.42 Å². The quantitative estimate of drug-likeness (QED) is 0.692. The molecule has 0 spiro atoms. The first-order valence-corrected chi connectivity index (χ1v) is 9.99. The minimum atomic E-state index is -3.51. The molecule has 21 heavy (non-hydrogen) atoms. The van der Waals surface area contributed by atoms with Crippen LogP contribution in [0.15, 0.2) is 20.0 Å². The Kier molecular flexibility index (Phi) is 5.45. The van der Waals surface area contributed by atoms with Crippen molar-refractivity contribution >= 4 is 37.6 Å². The summed E-state index contributed by atoms with van der Waals surface area (Å²) in [6, 6.07) is 1.51. The monoisotopic (exact) mass is 397 g/mol. The molecule has 7 heteroatoms. The number of furan rings is 1. The molecule has 1 saturated heterocycles. The van der Waals surface area contributed by atoms with Crippen LogP contribution in [-0.4, -0.2) is 25.8 Å². The normalized spacial score (nSPS) is 19.8. The van der Waals surface area contributed by atoms with Gasteiger partial charge in [0.1, 0.15) is 10.7 Å². The number of hydrogen-bond donors (Lipinski definition) is 0. The fourth-order valence-corrected chi connectivity index (χ4v) is 5.47. The molecule has 120 valence electrons. The third kappa shape index (κ3) is 3.33. The van der Waals surface area contributed by atoms with Crippen molar-refractivity contribution in [2.75, 3.05) is 13.1 Å². The topological polar surface area (TPSA) is 50.5 Å². The minimum Gasteiger partial charge on any atom is -0.452 e. The summed E-state index contributed by atoms with van der Waals surface area (Å²) >= 11 is 8.88. The molecule has 4 nitrogen and oxygen atoms in total. The van der Waals surface area contributed by atoms with Gasteiger partial charge in [0.2, 0.25) is 10.0 Å². The number of piperidine rings is 1. The average molecular weight is 399 g/mol. The second-order valence-corrected chi connectivity index (χ2v) is 8.49. The van der Waals surface area contributed by atoms with Gasteiger partial charge in [0, 0.05) is 19.2 Å². The first kappa shape index (κ1) is 17.3. The van der Waals surface area contributed by atoms with Gasteiger partial charge in [-0.1, -0.05) is 26.7 Å². The Morgan fingerprint density at radius 1 is 1.33 bits per heavy atom. The van der Waals surface area contributed by atoms with Gasteiger partial charge in [-0.2, -0.15) is 4.31 Å². The highest BCUT2D eigenvalue weighted by molar-refractivity contribution is 9.10. The van der Waals surface area contributed by atoms with Crippen LogP contribution in [0.2, 0.25) is 0 Å². The van der Waals surface area contributed by atoms with E-state index in [4.69, 9.17) is 16.0 Å². The number of hydrogen-bond acceptors (Lipinski definition) is 3. The van der Waals surface area contributed by atoms with Crippen LogP contribution < -0.4 is 0 Å². The lowest BCUT2D eigenvalue weighted by molar-refractivity contribution is 0.141. The summed E-state index contributed by atoms with van der Waals surface area (Å²) < 4.78 is 32.5. The van der Waals surface area contributed by atoms with Crippen molar-refractivity contribution in [2.45, 2.75) is 50.3 Å². The molecule has 0 unspecified atom stereocenters. The molecule has 1 aliphatic heterocycles. The lowest BCUT2D eigenvalue weighted by Gasteiger charge is -2.40. The first-order valence-electron chi connectivity index (χ1n) is 7.23. The molecular formula is C14H21BrClNO3S. The molecule has 0 amide bonds. The maximum Gasteiger partial charge on any atom is 0.247 e. The maximum absolute atomic E-state index is 12.7. The average Bonchev–Trinajstić information content (AvgIpc) is 2.89. The Bertz CT molecular complexity index is 585. The molecule has 1 aromatic rings. The van der Waals surface area contributed by atoms with Crippen molar-refractivity contribution in [3.63, 3.8) is 0 Å². The van der Waals surface area contributed by atoms with Gasteiger partial charge >= 0.3 is 0 Å². The van der Waals surface area contributed by atoms with E-state index in [9.17, 15) is 8.42 Å². The van der Waals surface area contributed by atoms with Crippen LogP contribution in [0.5, 0.6) is 0 Å². The fourth-order valence-electron chi connectivity index (χ4n) is 2.94. The van der Waals surface area contributed by atoms with Gasteiger partial charge in [-0.3, -0.25) is 0 Å². The Hall–Kier alpha value is -0.0400. The second kappa shape index (κ2) is 6.60. The van der Waals surface area contributed by atoms with Crippen molar-refractivity contribution in [1.82, 2.24) is 4.31 Å². The predicted octanol–water partition coefficient (Wildman–Crippen LogP) is 4.37. The van der Waals surface area contributed by atoms with Gasteiger partial charge in [0.25, 0.3) is 0 Å². The van der Waals surface area contributed by atoms with Crippen molar-refractivity contribution in [3.8, 4) is 0 Å². The van der Waals surface area contributed by atoms with Crippen molar-refractivity contribution < 1.29 is 12.8 Å². The molecule has 2 heterocycles. The van der Waals surface area contributed by atoms with E-state index < -0.39 is 10.0 Å². The predicted molar refractivity (Wildman–Crippen MR) is 87.0 cm³/mol. The summed E-state index contributed by atoms with van der Waals surface area (Å²) in [5.74, 6) is 0.610. The van der Waals surface area contributed by atoms with Gasteiger partial charge in [-0.25, -0.2) is 8.42 Å². The fraction of sp³-hybridized carbons (Fsp3) is 0.714. The number of nitrogens with zero attached hydrogens (tertiary/aromatic N) is 1. The van der Waals surface area contributed by atoms with Crippen LogP contribution in [0.3, 0.4) is 0 Å². The summed E-state index contributed by atoms with van der Waals surface area (Å²) in [5.41, 5.74) is 0.293. The van der Waals surface area contributed by atoms with Crippen LogP contribution in [0, 0.1) is 5.41 Å². The standard InChI is InChI=1S/C14H21BrClNO3S/c1-3-14(4-2)5-7-17(8-6-14)21(18,19)12-9-11(10-16)20-13(12)15/h9H,3-8,10H2,1-2H3. The molecule has 0 aromatic carbocycles. The highest BCUT2D eigenvalue weighted by atomic mass is 79.9. The molecule has 1 aliphatic rings. The molecule has 2 rings (SSSR count). The summed E-state index contributed by atoms with van der Waals surface area (Å²) in [4.78, 5) is 0.179. The van der Waals surface area contributed by atoms with Gasteiger partial charge in [-0.15, -0.1) is 11.6 Å². The lowest BCUT2D eigenvalue weighted by Crippen LogP contribution is -2.42. The Labute approximate surface area is 140 Å². The SMILES string of the molecule is CCC1(CC)CCN(S(=O)(=O)c2cc(CCl)oc2Br)CC1. The van der Waals surface area contributed by atoms with Crippen molar-refractivity contribution in [3.05, 3.63) is 16.5 Å². The van der Waals surface area contributed by atoms with E-state index in [0.717, 1.165) is 25.7 Å². The largest absolute Gasteiger partial charge is 0.452 e. The van der Waals surface area contributed by atoms with E-state index in [2.05, 4.69) is 29.8 Å². The molecule has 1 fully saturated rings. The van der Waals surface area contributed by atoms with E-state index in [1.165, 1.54) is 6.07 Å². The zero-order valence-electron chi connectivity index (χ0n) is 12.4. The summed E-state index contributed by atoms with van der Waals surface area (Å²) in [6.07, 6.45) is 4.03. The molecule has 0 aliphatic carbocycles. The number of rotatable bonds is 5. The van der Waals surface area contributed by atoms with E-state index in [-0.39, 0.29) is 15.4 Å². The molecular weight excluding hydrogens is 378 g/mol. The van der Waals surface area contributed by atoms with Crippen LogP contribution in [0.1, 0.15) is 45.3 Å². The van der Waals surface area contributed by atoms with Crippen LogP contribution in [-0.2, 0) is 15.9 Å². The van der Waals surface area contributed by atoms with Gasteiger partial charge in [0.15, 0.2) is 4.67 Å². The van der Waals surface area contributed by atoms with E-state index in [1.54, 1.807) is 4.31 Å². The molecule has 0 saturated carbocycles. The van der Waals surface area contributed by atoms with E-state index >= 15 is 0 Å². The van der Waals surface area contributed by atoms with Crippen LogP contribution in [0.4, 0.5) is 0 Å². The second-order valence-electron chi connectivity index (χ2n) is 5.60. The Balaban J connectivity index is 2.20. The smallest absolute Gasteiger partial charge is 0.247 e. The minimum absolute atomic E-state index is 0.156. The molecule has 0 radical (unpaired) electrons. The summed E-state index contributed by atoms with van der Waals surface area (Å²) in [7, 11) is -3.51. The number of sulfonamides is 1. The van der Waals surface area contributed by atoms with E-state index in [0.29, 0.717) is 24.3 Å². The first-order chi connectivity index (χ1) is 9.88. The zero-order chi connectivity index (χ0) is 15.7. The summed E-state index contributed by atoms with van der Waals surface area (Å²) in [5, 5.41) is 0. The third-order valence-corrected chi connectivity index (χ3v) is 7.76. The maximum atomic E-state index is 12.7. The van der Waals surface area contributed by atoms with Gasteiger partial charge in [-0.05, 0) is 34.2 Å². The van der Waals surface area contributed by atoms with Crippen molar-refractivity contribution in [2.24, 2.45) is 5.41 Å². The lowest BCUT2D eigenvalue weighted by atomic mass is 9.75. The highest BCUT2D eigenvalue weighted by Gasteiger charge is 2.37. The number of halogens is 2. The van der Waals surface area contributed by atoms with Crippen LogP contribution in [0.25, 0.3) is 0 Å². The Morgan fingerprint density at radius 3 is 2.33 bits per heavy atom. The van der Waals surface area contributed by atoms with E-state index in [1.807, 2.05) is 0 Å². The molecule has 0 atom stereocenters. The molecule has 1 aromatic heterocycles. The zero-order valence-corrected chi connectivity index (χ0v) is 15.5. The third-order valence-electron chi connectivity index (χ3n) is 4.74. The number of alkyl halides is 1. The highest BCUT2D eigenvalue weighted by Crippen LogP contribution is 2.40.